The third-order valence-corrected chi connectivity index (χ3v) is 2.88. The number of benzene rings is 1. The molecule has 0 saturated carbocycles. The van der Waals surface area contributed by atoms with Gasteiger partial charge >= 0.3 is 12.8 Å². The summed E-state index contributed by atoms with van der Waals surface area (Å²) in [6.07, 6.45) is 1.89. The molecule has 1 heterocycles. The van der Waals surface area contributed by atoms with Gasteiger partial charge in [-0.3, -0.25) is 0 Å². The summed E-state index contributed by atoms with van der Waals surface area (Å²) in [7, 11) is -6.00. The van der Waals surface area contributed by atoms with Crippen molar-refractivity contribution in [3.63, 3.8) is 0 Å². The van der Waals surface area contributed by atoms with Crippen molar-refractivity contribution in [2.24, 2.45) is 0 Å². The third kappa shape index (κ3) is 5.71. The summed E-state index contributed by atoms with van der Waals surface area (Å²) in [6, 6.07) is 11.7. The Labute approximate surface area is 125 Å². The Hall–Kier alpha value is -2.12. The Morgan fingerprint density at radius 3 is 2.09 bits per heavy atom. The summed E-state index contributed by atoms with van der Waals surface area (Å²) in [5.74, 6) is 0. The van der Waals surface area contributed by atoms with E-state index in [1.54, 1.807) is 10.6 Å². The fourth-order valence-electron chi connectivity index (χ4n) is 1.92. The molecule has 0 fully saturated rings. The van der Waals surface area contributed by atoms with E-state index in [0.29, 0.717) is 6.54 Å². The smallest absolute Gasteiger partial charge is 0.418 e. The van der Waals surface area contributed by atoms with E-state index in [1.165, 1.54) is 0 Å². The second-order valence-electron chi connectivity index (χ2n) is 4.42. The first-order chi connectivity index (χ1) is 10.3. The quantitative estimate of drug-likeness (QED) is 0.485. The normalized spacial score (nSPS) is 10.8. The molecule has 0 aliphatic rings. The van der Waals surface area contributed by atoms with Crippen LogP contribution in [0.2, 0.25) is 0 Å². The lowest BCUT2D eigenvalue weighted by Crippen LogP contribution is -2.41. The minimum absolute atomic E-state index is 0.0519. The highest BCUT2D eigenvalue weighted by molar-refractivity contribution is 6.50. The van der Waals surface area contributed by atoms with E-state index in [1.807, 2.05) is 43.6 Å². The molecule has 22 heavy (non-hydrogen) atoms. The Balaban J connectivity index is 0.000000422. The Morgan fingerprint density at radius 1 is 1.09 bits per heavy atom. The number of aromatic nitrogens is 2. The molecule has 0 radical (unpaired) electrons. The predicted octanol–water partition coefficient (Wildman–Crippen LogP) is 3.14. The van der Waals surface area contributed by atoms with Crippen molar-refractivity contribution < 1.29 is 21.8 Å². The highest BCUT2D eigenvalue weighted by Gasteiger charge is 2.20. The molecule has 0 spiro atoms. The van der Waals surface area contributed by atoms with Gasteiger partial charge in [-0.2, -0.15) is 4.57 Å². The number of aryl methyl sites for hydroxylation is 2. The molecule has 2 aromatic rings. The van der Waals surface area contributed by atoms with Crippen LogP contribution in [0.1, 0.15) is 13.8 Å². The SMILES string of the molecule is CCn1c[n+](CC)c(-c2ccccc2)cc1=O.F[B-](F)(F)F. The van der Waals surface area contributed by atoms with Gasteiger partial charge in [0.1, 0.15) is 5.69 Å². The Bertz CT molecular complexity index is 650. The second-order valence-corrected chi connectivity index (χ2v) is 4.42. The fourth-order valence-corrected chi connectivity index (χ4v) is 1.92. The van der Waals surface area contributed by atoms with Gasteiger partial charge in [0, 0.05) is 5.56 Å². The lowest BCUT2D eigenvalue weighted by Gasteiger charge is -2.06. The first kappa shape index (κ1) is 17.9. The monoisotopic (exact) mass is 316 g/mol. The zero-order valence-corrected chi connectivity index (χ0v) is 12.3. The maximum atomic E-state index is 11.9. The van der Waals surface area contributed by atoms with Crippen LogP contribution in [0.4, 0.5) is 17.3 Å². The van der Waals surface area contributed by atoms with Crippen molar-refractivity contribution in [3.05, 3.63) is 53.1 Å². The largest absolute Gasteiger partial charge is 0.673 e. The van der Waals surface area contributed by atoms with Crippen molar-refractivity contribution in [1.82, 2.24) is 4.57 Å². The van der Waals surface area contributed by atoms with E-state index >= 15 is 0 Å². The minimum atomic E-state index is -6.00. The van der Waals surface area contributed by atoms with Crippen molar-refractivity contribution in [3.8, 4) is 11.3 Å². The molecule has 2 rings (SSSR count). The van der Waals surface area contributed by atoms with Crippen molar-refractivity contribution in [2.75, 3.05) is 0 Å². The zero-order chi connectivity index (χ0) is 16.8. The second kappa shape index (κ2) is 7.77. The van der Waals surface area contributed by atoms with Gasteiger partial charge in [-0.1, -0.05) is 30.3 Å². The van der Waals surface area contributed by atoms with Crippen LogP contribution in [0.5, 0.6) is 0 Å². The summed E-state index contributed by atoms with van der Waals surface area (Å²) >= 11 is 0. The molecule has 1 aromatic carbocycles. The summed E-state index contributed by atoms with van der Waals surface area (Å²) < 4.78 is 42.8. The average molecular weight is 316 g/mol. The third-order valence-electron chi connectivity index (χ3n) is 2.88. The van der Waals surface area contributed by atoms with Crippen LogP contribution >= 0.6 is 0 Å². The van der Waals surface area contributed by atoms with Crippen LogP contribution in [0.3, 0.4) is 0 Å². The van der Waals surface area contributed by atoms with Gasteiger partial charge in [-0.05, 0) is 13.8 Å². The van der Waals surface area contributed by atoms with Crippen LogP contribution in [0.25, 0.3) is 11.3 Å². The van der Waals surface area contributed by atoms with Crippen LogP contribution < -0.4 is 10.1 Å². The molecule has 120 valence electrons. The van der Waals surface area contributed by atoms with Crippen molar-refractivity contribution >= 4 is 7.25 Å². The van der Waals surface area contributed by atoms with Gasteiger partial charge in [-0.15, -0.1) is 0 Å². The molecule has 8 heteroatoms. The van der Waals surface area contributed by atoms with Gasteiger partial charge < -0.3 is 17.3 Å². The Kier molecular flexibility index (Phi) is 6.33. The number of rotatable bonds is 3. The van der Waals surface area contributed by atoms with Crippen LogP contribution in [0.15, 0.2) is 47.5 Å². The highest BCUT2D eigenvalue weighted by atomic mass is 19.5. The van der Waals surface area contributed by atoms with Crippen molar-refractivity contribution in [1.29, 1.82) is 0 Å². The zero-order valence-electron chi connectivity index (χ0n) is 12.3. The number of nitrogens with zero attached hydrogens (tertiary/aromatic N) is 2. The summed E-state index contributed by atoms with van der Waals surface area (Å²) in [5.41, 5.74) is 2.11. The fraction of sp³-hybridized carbons (Fsp3) is 0.286. The van der Waals surface area contributed by atoms with Gasteiger partial charge in [0.15, 0.2) is 0 Å². The standard InChI is InChI=1S/C14H17N2O.BF4/c1-3-15-11-16(4-2)14(17)10-13(15)12-8-6-5-7-9-12;2-1(3,4)5/h5-11H,3-4H2,1-2H3;/q+1;-1. The van der Waals surface area contributed by atoms with E-state index in [4.69, 9.17) is 0 Å². The first-order valence-electron chi connectivity index (χ1n) is 6.83. The Morgan fingerprint density at radius 2 is 1.64 bits per heavy atom. The lowest BCUT2D eigenvalue weighted by atomic mass is 10.1. The van der Waals surface area contributed by atoms with E-state index in [-0.39, 0.29) is 5.56 Å². The number of halogens is 4. The van der Waals surface area contributed by atoms with Gasteiger partial charge in [-0.25, -0.2) is 9.36 Å². The lowest BCUT2D eigenvalue weighted by molar-refractivity contribution is -0.687. The molecule has 1 aromatic heterocycles. The maximum absolute atomic E-state index is 11.9. The molecule has 0 amide bonds. The molecular weight excluding hydrogens is 299 g/mol. The summed E-state index contributed by atoms with van der Waals surface area (Å²) in [6.45, 7) is 5.61. The minimum Gasteiger partial charge on any atom is -0.418 e. The summed E-state index contributed by atoms with van der Waals surface area (Å²) in [5, 5.41) is 0. The molecule has 0 bridgehead atoms. The van der Waals surface area contributed by atoms with Crippen molar-refractivity contribution in [2.45, 2.75) is 26.9 Å². The van der Waals surface area contributed by atoms with Gasteiger partial charge in [0.25, 0.3) is 0 Å². The van der Waals surface area contributed by atoms with Gasteiger partial charge in [0.05, 0.1) is 19.2 Å². The number of hydrogen-bond donors (Lipinski definition) is 0. The van der Waals surface area contributed by atoms with E-state index in [0.717, 1.165) is 17.8 Å². The van der Waals surface area contributed by atoms with Crippen LogP contribution in [-0.4, -0.2) is 11.8 Å². The predicted molar refractivity (Wildman–Crippen MR) is 77.9 cm³/mol. The molecule has 3 nitrogen and oxygen atoms in total. The van der Waals surface area contributed by atoms with Crippen LogP contribution in [0, 0.1) is 0 Å². The molecule has 0 aliphatic heterocycles. The van der Waals surface area contributed by atoms with E-state index in [9.17, 15) is 22.1 Å². The molecule has 0 unspecified atom stereocenters. The maximum Gasteiger partial charge on any atom is 0.673 e. The first-order valence-corrected chi connectivity index (χ1v) is 6.83. The molecular formula is C14H17BF4N2O. The average Bonchev–Trinajstić information content (AvgIpc) is 2.46. The number of hydrogen-bond acceptors (Lipinski definition) is 1. The van der Waals surface area contributed by atoms with Crippen LogP contribution in [-0.2, 0) is 13.1 Å². The summed E-state index contributed by atoms with van der Waals surface area (Å²) in [4.78, 5) is 11.9. The van der Waals surface area contributed by atoms with E-state index in [2.05, 4.69) is 11.5 Å². The molecule has 0 N–H and O–H groups in total. The topological polar surface area (TPSA) is 25.9 Å². The molecule has 0 aliphatic carbocycles. The molecule has 0 saturated heterocycles. The van der Waals surface area contributed by atoms with E-state index < -0.39 is 7.25 Å². The molecule has 0 atom stereocenters. The van der Waals surface area contributed by atoms with Gasteiger partial charge in [0.2, 0.25) is 6.33 Å². The highest BCUT2D eigenvalue weighted by Crippen LogP contribution is 2.12.